The molecule has 0 amide bonds. The minimum Gasteiger partial charge on any atom is -0.330 e. The first-order valence-corrected chi connectivity index (χ1v) is 5.60. The molecule has 0 fully saturated rings. The molecule has 15 heavy (non-hydrogen) atoms. The molecule has 0 saturated carbocycles. The fourth-order valence-electron chi connectivity index (χ4n) is 1.59. The number of hydrogen-bond donors (Lipinski definition) is 1. The lowest BCUT2D eigenvalue weighted by molar-refractivity contribution is 0.317. The molecule has 0 aliphatic heterocycles. The van der Waals surface area contributed by atoms with Crippen molar-refractivity contribution >= 4 is 0 Å². The summed E-state index contributed by atoms with van der Waals surface area (Å²) in [6, 6.07) is 4.10. The third-order valence-corrected chi connectivity index (χ3v) is 2.42. The Hall–Kier alpha value is -0.930. The zero-order valence-corrected chi connectivity index (χ0v) is 9.52. The van der Waals surface area contributed by atoms with Gasteiger partial charge in [-0.15, -0.1) is 0 Å². The minimum atomic E-state index is 0.812. The second-order valence-corrected chi connectivity index (χ2v) is 3.95. The zero-order valence-electron chi connectivity index (χ0n) is 9.52. The van der Waals surface area contributed by atoms with Gasteiger partial charge in [-0.05, 0) is 44.6 Å². The Bertz CT molecular complexity index is 248. The van der Waals surface area contributed by atoms with Crippen LogP contribution in [0.25, 0.3) is 0 Å². The summed E-state index contributed by atoms with van der Waals surface area (Å²) in [4.78, 5) is 6.43. The molecule has 0 saturated heterocycles. The van der Waals surface area contributed by atoms with E-state index in [1.165, 1.54) is 18.4 Å². The predicted octanol–water partition coefficient (Wildman–Crippen LogP) is 1.64. The molecule has 0 aliphatic carbocycles. The van der Waals surface area contributed by atoms with Crippen LogP contribution in [0.4, 0.5) is 0 Å². The highest BCUT2D eigenvalue weighted by Gasteiger charge is 1.99. The van der Waals surface area contributed by atoms with Gasteiger partial charge in [-0.3, -0.25) is 4.98 Å². The van der Waals surface area contributed by atoms with E-state index < -0.39 is 0 Å². The number of nitrogens with zero attached hydrogens (tertiary/aromatic N) is 2. The van der Waals surface area contributed by atoms with Crippen molar-refractivity contribution in [3.8, 4) is 0 Å². The van der Waals surface area contributed by atoms with E-state index >= 15 is 0 Å². The highest BCUT2D eigenvalue weighted by Crippen LogP contribution is 2.02. The SMILES string of the molecule is CN(CCCCCN)Cc1cccnc1. The standard InChI is InChI=1S/C12H21N3/c1-15(9-4-2-3-7-13)11-12-6-5-8-14-10-12/h5-6,8,10H,2-4,7,9,11,13H2,1H3. The fourth-order valence-corrected chi connectivity index (χ4v) is 1.59. The molecule has 0 radical (unpaired) electrons. The van der Waals surface area contributed by atoms with Gasteiger partial charge < -0.3 is 10.6 Å². The second kappa shape index (κ2) is 7.37. The third kappa shape index (κ3) is 5.50. The van der Waals surface area contributed by atoms with Crippen LogP contribution in [-0.4, -0.2) is 30.0 Å². The van der Waals surface area contributed by atoms with Crippen molar-refractivity contribution < 1.29 is 0 Å². The van der Waals surface area contributed by atoms with Gasteiger partial charge in [0, 0.05) is 18.9 Å². The van der Waals surface area contributed by atoms with Crippen molar-refractivity contribution in [2.75, 3.05) is 20.1 Å². The summed E-state index contributed by atoms with van der Waals surface area (Å²) in [7, 11) is 2.15. The molecule has 0 aromatic carbocycles. The summed E-state index contributed by atoms with van der Waals surface area (Å²) in [6.45, 7) is 2.93. The average Bonchev–Trinajstić information content (AvgIpc) is 2.26. The number of unbranched alkanes of at least 4 members (excludes halogenated alkanes) is 2. The van der Waals surface area contributed by atoms with Crippen molar-refractivity contribution in [3.05, 3.63) is 30.1 Å². The van der Waals surface area contributed by atoms with Gasteiger partial charge in [-0.1, -0.05) is 12.5 Å². The summed E-state index contributed by atoms with van der Waals surface area (Å²) >= 11 is 0. The molecular formula is C12H21N3. The summed E-state index contributed by atoms with van der Waals surface area (Å²) in [5, 5.41) is 0. The summed E-state index contributed by atoms with van der Waals surface area (Å²) < 4.78 is 0. The number of pyridine rings is 1. The van der Waals surface area contributed by atoms with Gasteiger partial charge in [0.2, 0.25) is 0 Å². The smallest absolute Gasteiger partial charge is 0.0312 e. The summed E-state index contributed by atoms with van der Waals surface area (Å²) in [5.41, 5.74) is 6.72. The molecule has 3 heteroatoms. The quantitative estimate of drug-likeness (QED) is 0.691. The van der Waals surface area contributed by atoms with Gasteiger partial charge in [0.15, 0.2) is 0 Å². The van der Waals surface area contributed by atoms with Crippen LogP contribution in [0.2, 0.25) is 0 Å². The lowest BCUT2D eigenvalue weighted by Gasteiger charge is -2.15. The minimum absolute atomic E-state index is 0.812. The van der Waals surface area contributed by atoms with E-state index in [0.717, 1.165) is 26.1 Å². The van der Waals surface area contributed by atoms with Crippen LogP contribution >= 0.6 is 0 Å². The summed E-state index contributed by atoms with van der Waals surface area (Å²) in [6.07, 6.45) is 7.34. The van der Waals surface area contributed by atoms with Crippen LogP contribution in [-0.2, 0) is 6.54 Å². The van der Waals surface area contributed by atoms with Gasteiger partial charge in [0.25, 0.3) is 0 Å². The Morgan fingerprint density at radius 1 is 1.33 bits per heavy atom. The van der Waals surface area contributed by atoms with E-state index in [1.54, 1.807) is 0 Å². The Morgan fingerprint density at radius 3 is 2.87 bits per heavy atom. The maximum absolute atomic E-state index is 5.45. The van der Waals surface area contributed by atoms with Crippen molar-refractivity contribution in [2.24, 2.45) is 5.73 Å². The summed E-state index contributed by atoms with van der Waals surface area (Å²) in [5.74, 6) is 0. The lowest BCUT2D eigenvalue weighted by Crippen LogP contribution is -2.19. The van der Waals surface area contributed by atoms with E-state index in [-0.39, 0.29) is 0 Å². The van der Waals surface area contributed by atoms with Gasteiger partial charge in [-0.25, -0.2) is 0 Å². The molecular weight excluding hydrogens is 186 g/mol. The first-order chi connectivity index (χ1) is 7.33. The van der Waals surface area contributed by atoms with Crippen LogP contribution < -0.4 is 5.73 Å². The van der Waals surface area contributed by atoms with Gasteiger partial charge in [0.1, 0.15) is 0 Å². The van der Waals surface area contributed by atoms with Crippen LogP contribution in [0.1, 0.15) is 24.8 Å². The predicted molar refractivity (Wildman–Crippen MR) is 63.5 cm³/mol. The molecule has 1 aromatic heterocycles. The maximum Gasteiger partial charge on any atom is 0.0312 e. The van der Waals surface area contributed by atoms with E-state index in [2.05, 4.69) is 23.0 Å². The molecule has 0 bridgehead atoms. The Labute approximate surface area is 92.3 Å². The number of nitrogens with two attached hydrogens (primary N) is 1. The van der Waals surface area contributed by atoms with Crippen molar-refractivity contribution in [1.29, 1.82) is 0 Å². The van der Waals surface area contributed by atoms with Gasteiger partial charge in [0.05, 0.1) is 0 Å². The largest absolute Gasteiger partial charge is 0.330 e. The van der Waals surface area contributed by atoms with Crippen molar-refractivity contribution in [1.82, 2.24) is 9.88 Å². The molecule has 2 N–H and O–H groups in total. The van der Waals surface area contributed by atoms with E-state index in [1.807, 2.05) is 18.5 Å². The highest BCUT2D eigenvalue weighted by molar-refractivity contribution is 5.07. The molecule has 0 spiro atoms. The van der Waals surface area contributed by atoms with Crippen LogP contribution in [0, 0.1) is 0 Å². The molecule has 1 rings (SSSR count). The normalized spacial score (nSPS) is 10.9. The lowest BCUT2D eigenvalue weighted by atomic mass is 10.2. The van der Waals surface area contributed by atoms with Gasteiger partial charge in [-0.2, -0.15) is 0 Å². The monoisotopic (exact) mass is 207 g/mol. The first kappa shape index (κ1) is 12.1. The van der Waals surface area contributed by atoms with Gasteiger partial charge >= 0.3 is 0 Å². The number of rotatable bonds is 7. The van der Waals surface area contributed by atoms with Crippen molar-refractivity contribution in [3.63, 3.8) is 0 Å². The van der Waals surface area contributed by atoms with Crippen LogP contribution in [0.5, 0.6) is 0 Å². The molecule has 1 aromatic rings. The van der Waals surface area contributed by atoms with E-state index in [0.29, 0.717) is 0 Å². The molecule has 3 nitrogen and oxygen atoms in total. The third-order valence-electron chi connectivity index (χ3n) is 2.42. The molecule has 84 valence electrons. The van der Waals surface area contributed by atoms with Crippen molar-refractivity contribution in [2.45, 2.75) is 25.8 Å². The zero-order chi connectivity index (χ0) is 10.9. The van der Waals surface area contributed by atoms with E-state index in [4.69, 9.17) is 5.73 Å². The number of aromatic nitrogens is 1. The fraction of sp³-hybridized carbons (Fsp3) is 0.583. The first-order valence-electron chi connectivity index (χ1n) is 5.60. The second-order valence-electron chi connectivity index (χ2n) is 3.95. The molecule has 0 unspecified atom stereocenters. The molecule has 1 heterocycles. The maximum atomic E-state index is 5.45. The van der Waals surface area contributed by atoms with E-state index in [9.17, 15) is 0 Å². The number of hydrogen-bond acceptors (Lipinski definition) is 3. The van der Waals surface area contributed by atoms with Crippen LogP contribution in [0.15, 0.2) is 24.5 Å². The topological polar surface area (TPSA) is 42.1 Å². The molecule has 0 atom stereocenters. The Kier molecular flexibility index (Phi) is 5.97. The average molecular weight is 207 g/mol. The molecule has 0 aliphatic rings. The Balaban J connectivity index is 2.16. The Morgan fingerprint density at radius 2 is 2.20 bits per heavy atom. The van der Waals surface area contributed by atoms with Crippen LogP contribution in [0.3, 0.4) is 0 Å². The highest BCUT2D eigenvalue weighted by atomic mass is 15.1.